The summed E-state index contributed by atoms with van der Waals surface area (Å²) in [7, 11) is 0. The third kappa shape index (κ3) is 4.98. The zero-order chi connectivity index (χ0) is 19.3. The first kappa shape index (κ1) is 19.3. The van der Waals surface area contributed by atoms with Crippen molar-refractivity contribution >= 4 is 28.9 Å². The van der Waals surface area contributed by atoms with Gasteiger partial charge in [0.1, 0.15) is 0 Å². The van der Waals surface area contributed by atoms with Gasteiger partial charge in [-0.05, 0) is 24.1 Å². The van der Waals surface area contributed by atoms with Crippen LogP contribution in [0.15, 0.2) is 42.5 Å². The number of aliphatic hydroxyl groups excluding tert-OH is 1. The van der Waals surface area contributed by atoms with Crippen LogP contribution in [-0.2, 0) is 6.42 Å². The fourth-order valence-corrected chi connectivity index (χ4v) is 2.40. The Labute approximate surface area is 152 Å². The van der Waals surface area contributed by atoms with Gasteiger partial charge in [0.2, 0.25) is 0 Å². The highest BCUT2D eigenvalue weighted by Gasteiger charge is 2.21. The minimum absolute atomic E-state index is 0.236. The van der Waals surface area contributed by atoms with Crippen LogP contribution in [0.2, 0.25) is 5.02 Å². The maximum Gasteiger partial charge on any atom is 0.277 e. The van der Waals surface area contributed by atoms with Crippen molar-refractivity contribution < 1.29 is 19.7 Å². The number of hydrogen-bond acceptors (Lipinski definition) is 6. The molecule has 0 radical (unpaired) electrons. The number of nitro benzene ring substituents is 2. The molecule has 2 N–H and O–H groups in total. The summed E-state index contributed by atoms with van der Waals surface area (Å²) < 4.78 is 0. The average Bonchev–Trinajstić information content (AvgIpc) is 2.62. The van der Waals surface area contributed by atoms with Gasteiger partial charge in [0.25, 0.3) is 17.3 Å². The summed E-state index contributed by atoms with van der Waals surface area (Å²) in [6.45, 7) is -0.384. The molecular weight excluding hydrogens is 366 g/mol. The minimum Gasteiger partial charge on any atom is -0.394 e. The van der Waals surface area contributed by atoms with Crippen molar-refractivity contribution in [2.45, 2.75) is 12.5 Å². The first-order chi connectivity index (χ1) is 12.3. The molecule has 0 fully saturated rings. The van der Waals surface area contributed by atoms with Gasteiger partial charge in [0, 0.05) is 17.2 Å². The first-order valence-electron chi connectivity index (χ1n) is 7.40. The highest BCUT2D eigenvalue weighted by Crippen LogP contribution is 2.22. The van der Waals surface area contributed by atoms with Gasteiger partial charge >= 0.3 is 0 Å². The van der Waals surface area contributed by atoms with E-state index in [4.69, 9.17) is 11.6 Å². The fraction of sp³-hybridized carbons (Fsp3) is 0.188. The number of nitrogens with zero attached hydrogens (tertiary/aromatic N) is 2. The third-order valence-electron chi connectivity index (χ3n) is 3.54. The minimum atomic E-state index is -0.818. The Hall–Kier alpha value is -3.04. The van der Waals surface area contributed by atoms with Crippen molar-refractivity contribution in [2.24, 2.45) is 0 Å². The van der Waals surface area contributed by atoms with Gasteiger partial charge in [-0.15, -0.1) is 0 Å². The molecule has 1 unspecified atom stereocenters. The Kier molecular flexibility index (Phi) is 6.21. The van der Waals surface area contributed by atoms with Crippen LogP contribution in [0.1, 0.15) is 15.9 Å². The monoisotopic (exact) mass is 379 g/mol. The second-order valence-electron chi connectivity index (χ2n) is 5.44. The topological polar surface area (TPSA) is 136 Å². The van der Waals surface area contributed by atoms with Gasteiger partial charge in [0.05, 0.1) is 34.1 Å². The molecule has 0 aliphatic rings. The van der Waals surface area contributed by atoms with Crippen molar-refractivity contribution in [1.29, 1.82) is 0 Å². The predicted molar refractivity (Wildman–Crippen MR) is 93.2 cm³/mol. The Balaban J connectivity index is 2.20. The van der Waals surface area contributed by atoms with Crippen molar-refractivity contribution in [1.82, 2.24) is 5.32 Å². The van der Waals surface area contributed by atoms with Crippen LogP contribution in [0.25, 0.3) is 0 Å². The molecule has 0 spiro atoms. The van der Waals surface area contributed by atoms with Crippen LogP contribution in [0.5, 0.6) is 0 Å². The summed E-state index contributed by atoms with van der Waals surface area (Å²) >= 11 is 5.80. The molecule has 0 aliphatic carbocycles. The van der Waals surface area contributed by atoms with E-state index in [9.17, 15) is 30.1 Å². The zero-order valence-electron chi connectivity index (χ0n) is 13.3. The quantitative estimate of drug-likeness (QED) is 0.560. The van der Waals surface area contributed by atoms with E-state index >= 15 is 0 Å². The summed E-state index contributed by atoms with van der Waals surface area (Å²) in [5.74, 6) is -0.759. The number of nitro groups is 2. The maximum absolute atomic E-state index is 12.3. The average molecular weight is 380 g/mol. The number of halogens is 1. The van der Waals surface area contributed by atoms with E-state index in [1.807, 2.05) is 0 Å². The van der Waals surface area contributed by atoms with Crippen LogP contribution >= 0.6 is 11.6 Å². The first-order valence-corrected chi connectivity index (χ1v) is 7.78. The van der Waals surface area contributed by atoms with Crippen molar-refractivity contribution in [3.63, 3.8) is 0 Å². The number of carbonyl (C=O) groups excluding carboxylic acids is 1. The molecule has 9 nitrogen and oxygen atoms in total. The molecular formula is C16H14ClN3O6. The van der Waals surface area contributed by atoms with Crippen LogP contribution < -0.4 is 5.32 Å². The largest absolute Gasteiger partial charge is 0.394 e. The smallest absolute Gasteiger partial charge is 0.277 e. The Bertz CT molecular complexity index is 808. The van der Waals surface area contributed by atoms with Crippen LogP contribution in [0, 0.1) is 20.2 Å². The second-order valence-corrected chi connectivity index (χ2v) is 5.87. The van der Waals surface area contributed by atoms with E-state index in [0.29, 0.717) is 5.02 Å². The molecule has 0 bridgehead atoms. The number of aliphatic hydroxyl groups is 1. The fourth-order valence-electron chi connectivity index (χ4n) is 2.27. The van der Waals surface area contributed by atoms with E-state index < -0.39 is 33.2 Å². The maximum atomic E-state index is 12.3. The number of carbonyl (C=O) groups is 1. The third-order valence-corrected chi connectivity index (χ3v) is 3.79. The lowest BCUT2D eigenvalue weighted by molar-refractivity contribution is -0.394. The Morgan fingerprint density at radius 2 is 1.62 bits per heavy atom. The van der Waals surface area contributed by atoms with E-state index in [2.05, 4.69) is 5.32 Å². The molecule has 1 atom stereocenters. The summed E-state index contributed by atoms with van der Waals surface area (Å²) in [6.07, 6.45) is 0.288. The van der Waals surface area contributed by atoms with Gasteiger partial charge in [-0.2, -0.15) is 0 Å². The summed E-state index contributed by atoms with van der Waals surface area (Å²) in [5, 5.41) is 34.3. The van der Waals surface area contributed by atoms with Crippen LogP contribution in [0.3, 0.4) is 0 Å². The summed E-state index contributed by atoms with van der Waals surface area (Å²) in [6, 6.07) is 8.77. The highest BCUT2D eigenvalue weighted by atomic mass is 35.5. The van der Waals surface area contributed by atoms with Gasteiger partial charge < -0.3 is 10.4 Å². The van der Waals surface area contributed by atoms with Crippen LogP contribution in [-0.4, -0.2) is 33.5 Å². The molecule has 10 heteroatoms. The molecule has 0 saturated carbocycles. The Morgan fingerprint density at radius 3 is 2.08 bits per heavy atom. The van der Waals surface area contributed by atoms with E-state index in [1.54, 1.807) is 24.3 Å². The molecule has 1 amide bonds. The number of rotatable bonds is 7. The molecule has 2 rings (SSSR count). The lowest BCUT2D eigenvalue weighted by Crippen LogP contribution is -2.39. The molecule has 0 saturated heterocycles. The molecule has 0 aliphatic heterocycles. The standard InChI is InChI=1S/C16H14ClN3O6/c17-12-3-1-10(2-4-12)5-13(9-21)18-16(22)11-6-14(19(23)24)8-15(7-11)20(25)26/h1-4,6-8,13,21H,5,9H2,(H,18,22). The molecule has 136 valence electrons. The van der Waals surface area contributed by atoms with Crippen molar-refractivity contribution in [3.05, 3.63) is 78.8 Å². The lowest BCUT2D eigenvalue weighted by Gasteiger charge is -2.16. The summed E-state index contributed by atoms with van der Waals surface area (Å²) in [4.78, 5) is 32.5. The van der Waals surface area contributed by atoms with Gasteiger partial charge in [0.15, 0.2) is 0 Å². The van der Waals surface area contributed by atoms with E-state index in [0.717, 1.165) is 23.8 Å². The van der Waals surface area contributed by atoms with Gasteiger partial charge in [-0.3, -0.25) is 25.0 Å². The molecule has 0 heterocycles. The number of benzene rings is 2. The number of nitrogens with one attached hydrogen (secondary N) is 1. The van der Waals surface area contributed by atoms with Crippen molar-refractivity contribution in [2.75, 3.05) is 6.61 Å². The zero-order valence-corrected chi connectivity index (χ0v) is 14.0. The molecule has 26 heavy (non-hydrogen) atoms. The Morgan fingerprint density at radius 1 is 1.08 bits per heavy atom. The second kappa shape index (κ2) is 8.37. The lowest BCUT2D eigenvalue weighted by atomic mass is 10.1. The molecule has 0 aromatic heterocycles. The van der Waals surface area contributed by atoms with Gasteiger partial charge in [-0.1, -0.05) is 23.7 Å². The highest BCUT2D eigenvalue weighted by molar-refractivity contribution is 6.30. The van der Waals surface area contributed by atoms with Gasteiger partial charge in [-0.25, -0.2) is 0 Å². The molecule has 2 aromatic carbocycles. The summed E-state index contributed by atoms with van der Waals surface area (Å²) in [5.41, 5.74) is -0.565. The van der Waals surface area contributed by atoms with E-state index in [1.165, 1.54) is 0 Å². The predicted octanol–water partition coefficient (Wildman–Crippen LogP) is 2.49. The SMILES string of the molecule is O=C(NC(CO)Cc1ccc(Cl)cc1)c1cc([N+](=O)[O-])cc([N+](=O)[O-])c1. The van der Waals surface area contributed by atoms with E-state index in [-0.39, 0.29) is 18.6 Å². The molecule has 2 aromatic rings. The van der Waals surface area contributed by atoms with Crippen molar-refractivity contribution in [3.8, 4) is 0 Å². The number of hydrogen-bond donors (Lipinski definition) is 2. The van der Waals surface area contributed by atoms with Crippen LogP contribution in [0.4, 0.5) is 11.4 Å². The number of amides is 1. The normalized spacial score (nSPS) is 11.6. The number of non-ortho nitro benzene ring substituents is 2.